The molecule has 0 aromatic heterocycles. The molecule has 4 aliphatic rings. The molecule has 0 N–H and O–H groups in total. The fourth-order valence-corrected chi connectivity index (χ4v) is 3.52. The topological polar surface area (TPSA) is 29.5 Å². The van der Waals surface area contributed by atoms with E-state index in [9.17, 15) is 4.79 Å². The SMILES string of the molecule is C[C@H]1C2C(=O)N(C3CC3)C[C@]23C=C[C@H]1O3. The smallest absolute Gasteiger partial charge is 0.229 e. The summed E-state index contributed by atoms with van der Waals surface area (Å²) in [7, 11) is 0. The maximum absolute atomic E-state index is 12.3. The van der Waals surface area contributed by atoms with E-state index >= 15 is 0 Å². The van der Waals surface area contributed by atoms with Crippen molar-refractivity contribution in [2.45, 2.75) is 37.5 Å². The number of carbonyl (C=O) groups is 1. The highest BCUT2D eigenvalue weighted by atomic mass is 16.5. The number of carbonyl (C=O) groups excluding carboxylic acids is 1. The number of likely N-dealkylation sites (tertiary alicyclic amines) is 1. The molecule has 3 nitrogen and oxygen atoms in total. The second-order valence-electron chi connectivity index (χ2n) is 5.43. The molecule has 15 heavy (non-hydrogen) atoms. The number of amides is 1. The third-order valence-corrected chi connectivity index (χ3v) is 4.45. The summed E-state index contributed by atoms with van der Waals surface area (Å²) in [4.78, 5) is 14.3. The van der Waals surface area contributed by atoms with Gasteiger partial charge in [-0.05, 0) is 12.8 Å². The lowest BCUT2D eigenvalue weighted by molar-refractivity contribution is -0.132. The van der Waals surface area contributed by atoms with Gasteiger partial charge in [-0.2, -0.15) is 0 Å². The third-order valence-electron chi connectivity index (χ3n) is 4.45. The largest absolute Gasteiger partial charge is 0.361 e. The first kappa shape index (κ1) is 8.34. The second kappa shape index (κ2) is 2.29. The Bertz CT molecular complexity index is 374. The summed E-state index contributed by atoms with van der Waals surface area (Å²) in [6.07, 6.45) is 6.86. The molecule has 1 unspecified atom stereocenters. The van der Waals surface area contributed by atoms with E-state index in [4.69, 9.17) is 4.74 Å². The Morgan fingerprint density at radius 1 is 1.53 bits per heavy atom. The average Bonchev–Trinajstić information content (AvgIpc) is 2.84. The molecule has 2 bridgehead atoms. The van der Waals surface area contributed by atoms with Crippen LogP contribution in [0.1, 0.15) is 19.8 Å². The first-order valence-corrected chi connectivity index (χ1v) is 5.89. The van der Waals surface area contributed by atoms with E-state index in [-0.39, 0.29) is 17.6 Å². The zero-order valence-electron chi connectivity index (χ0n) is 8.85. The molecule has 0 radical (unpaired) electrons. The number of hydrogen-bond donors (Lipinski definition) is 0. The standard InChI is InChI=1S/C12H15NO2/c1-7-9-4-5-12(15-9)6-13(8-2-3-8)11(14)10(7)12/h4-5,7-10H,2-3,6H2,1H3/t7-,9-,10?,12-/m1/s1. The first-order valence-electron chi connectivity index (χ1n) is 5.89. The van der Waals surface area contributed by atoms with E-state index < -0.39 is 0 Å². The monoisotopic (exact) mass is 205 g/mol. The molecular weight excluding hydrogens is 190 g/mol. The molecule has 4 atom stereocenters. The van der Waals surface area contributed by atoms with E-state index in [2.05, 4.69) is 24.0 Å². The van der Waals surface area contributed by atoms with E-state index in [1.165, 1.54) is 12.8 Å². The van der Waals surface area contributed by atoms with E-state index in [0.29, 0.717) is 17.9 Å². The van der Waals surface area contributed by atoms with Crippen LogP contribution in [0, 0.1) is 11.8 Å². The molecule has 1 amide bonds. The molecule has 0 aromatic rings. The fourth-order valence-electron chi connectivity index (χ4n) is 3.52. The molecular formula is C12H15NO2. The lowest BCUT2D eigenvalue weighted by atomic mass is 9.78. The minimum absolute atomic E-state index is 0.105. The highest BCUT2D eigenvalue weighted by Crippen LogP contribution is 2.53. The van der Waals surface area contributed by atoms with Gasteiger partial charge in [0, 0.05) is 12.0 Å². The van der Waals surface area contributed by atoms with E-state index in [0.717, 1.165) is 6.54 Å². The molecule has 2 saturated heterocycles. The first-order chi connectivity index (χ1) is 7.21. The van der Waals surface area contributed by atoms with Crippen LogP contribution >= 0.6 is 0 Å². The van der Waals surface area contributed by atoms with Crippen LogP contribution in [0.25, 0.3) is 0 Å². The molecule has 4 rings (SSSR count). The molecule has 1 aliphatic carbocycles. The molecule has 1 saturated carbocycles. The summed E-state index contributed by atoms with van der Waals surface area (Å²) in [5.41, 5.74) is -0.246. The maximum Gasteiger partial charge on any atom is 0.229 e. The van der Waals surface area contributed by atoms with E-state index in [1.54, 1.807) is 0 Å². The minimum atomic E-state index is -0.246. The van der Waals surface area contributed by atoms with E-state index in [1.807, 2.05) is 0 Å². The van der Waals surface area contributed by atoms with Gasteiger partial charge in [0.05, 0.1) is 18.6 Å². The quantitative estimate of drug-likeness (QED) is 0.596. The summed E-state index contributed by atoms with van der Waals surface area (Å²) >= 11 is 0. The molecule has 0 aromatic carbocycles. The lowest BCUT2D eigenvalue weighted by Crippen LogP contribution is -2.34. The van der Waals surface area contributed by atoms with Gasteiger partial charge in [-0.15, -0.1) is 0 Å². The Morgan fingerprint density at radius 2 is 2.33 bits per heavy atom. The van der Waals surface area contributed by atoms with Gasteiger partial charge in [-0.1, -0.05) is 19.1 Å². The number of nitrogens with zero attached hydrogens (tertiary/aromatic N) is 1. The second-order valence-corrected chi connectivity index (χ2v) is 5.43. The van der Waals surface area contributed by atoms with Gasteiger partial charge in [0.2, 0.25) is 5.91 Å². The zero-order valence-corrected chi connectivity index (χ0v) is 8.85. The summed E-state index contributed by atoms with van der Waals surface area (Å²) in [5, 5.41) is 0. The minimum Gasteiger partial charge on any atom is -0.361 e. The highest BCUT2D eigenvalue weighted by Gasteiger charge is 2.64. The van der Waals surface area contributed by atoms with Gasteiger partial charge in [-0.25, -0.2) is 0 Å². The van der Waals surface area contributed by atoms with Crippen molar-refractivity contribution in [1.29, 1.82) is 0 Å². The molecule has 3 heteroatoms. The number of hydrogen-bond acceptors (Lipinski definition) is 2. The van der Waals surface area contributed by atoms with Crippen LogP contribution in [-0.2, 0) is 9.53 Å². The lowest BCUT2D eigenvalue weighted by Gasteiger charge is -2.21. The van der Waals surface area contributed by atoms with Crippen molar-refractivity contribution in [3.05, 3.63) is 12.2 Å². The van der Waals surface area contributed by atoms with Crippen molar-refractivity contribution in [1.82, 2.24) is 4.90 Å². The Morgan fingerprint density at radius 3 is 3.00 bits per heavy atom. The zero-order chi connectivity index (χ0) is 10.2. The number of rotatable bonds is 1. The van der Waals surface area contributed by atoms with Gasteiger partial charge in [-0.3, -0.25) is 4.79 Å². The summed E-state index contributed by atoms with van der Waals surface area (Å²) in [6, 6.07) is 0.528. The highest BCUT2D eigenvalue weighted by molar-refractivity contribution is 5.85. The Balaban J connectivity index is 1.76. The van der Waals surface area contributed by atoms with Crippen molar-refractivity contribution in [3.8, 4) is 0 Å². The summed E-state index contributed by atoms with van der Waals surface area (Å²) in [6.45, 7) is 2.95. The van der Waals surface area contributed by atoms with Crippen LogP contribution in [0.4, 0.5) is 0 Å². The predicted octanol–water partition coefficient (Wildman–Crippen LogP) is 0.951. The van der Waals surface area contributed by atoms with Crippen LogP contribution < -0.4 is 0 Å². The van der Waals surface area contributed by atoms with Gasteiger partial charge >= 0.3 is 0 Å². The Hall–Kier alpha value is -0.830. The molecule has 3 aliphatic heterocycles. The molecule has 3 heterocycles. The van der Waals surface area contributed by atoms with Gasteiger partial charge in [0.15, 0.2) is 0 Å². The fraction of sp³-hybridized carbons (Fsp3) is 0.750. The molecule has 3 fully saturated rings. The Labute approximate surface area is 89.1 Å². The van der Waals surface area contributed by atoms with Crippen LogP contribution in [0.5, 0.6) is 0 Å². The summed E-state index contributed by atoms with van der Waals surface area (Å²) < 4.78 is 6.00. The van der Waals surface area contributed by atoms with Crippen molar-refractivity contribution >= 4 is 5.91 Å². The van der Waals surface area contributed by atoms with Crippen molar-refractivity contribution in [2.24, 2.45) is 11.8 Å². The van der Waals surface area contributed by atoms with Crippen LogP contribution in [0.15, 0.2) is 12.2 Å². The van der Waals surface area contributed by atoms with Gasteiger partial charge < -0.3 is 9.64 Å². The Kier molecular flexibility index (Phi) is 1.27. The van der Waals surface area contributed by atoms with Gasteiger partial charge in [0.1, 0.15) is 5.60 Å². The predicted molar refractivity (Wildman–Crippen MR) is 54.1 cm³/mol. The van der Waals surface area contributed by atoms with Crippen LogP contribution in [0.3, 0.4) is 0 Å². The average molecular weight is 205 g/mol. The van der Waals surface area contributed by atoms with Crippen molar-refractivity contribution in [3.63, 3.8) is 0 Å². The third kappa shape index (κ3) is 0.842. The van der Waals surface area contributed by atoms with Gasteiger partial charge in [0.25, 0.3) is 0 Å². The number of fused-ring (bicyclic) bond motifs is 1. The maximum atomic E-state index is 12.3. The van der Waals surface area contributed by atoms with Crippen molar-refractivity contribution in [2.75, 3.05) is 6.54 Å². The normalized spacial score (nSPS) is 51.7. The van der Waals surface area contributed by atoms with Crippen molar-refractivity contribution < 1.29 is 9.53 Å². The number of ether oxygens (including phenoxy) is 1. The van der Waals surface area contributed by atoms with Crippen LogP contribution in [-0.4, -0.2) is 35.1 Å². The molecule has 1 spiro atoms. The van der Waals surface area contributed by atoms with Crippen LogP contribution in [0.2, 0.25) is 0 Å². The summed E-state index contributed by atoms with van der Waals surface area (Å²) in [5.74, 6) is 0.816. The molecule has 80 valence electrons.